The van der Waals surface area contributed by atoms with Gasteiger partial charge in [-0.15, -0.1) is 0 Å². The molecule has 2 rings (SSSR count). The molecule has 1 atom stereocenters. The minimum atomic E-state index is -0.0213. The number of rotatable bonds is 4. The van der Waals surface area contributed by atoms with Crippen LogP contribution < -0.4 is 5.43 Å². The molecular formula is C15H20N2O. The van der Waals surface area contributed by atoms with E-state index in [4.69, 9.17) is 0 Å². The Bertz CT molecular complexity index is 414. The van der Waals surface area contributed by atoms with Gasteiger partial charge in [-0.25, -0.2) is 5.01 Å². The predicted octanol–water partition coefficient (Wildman–Crippen LogP) is 2.76. The standard InChI is InChI=1S/C15H20N2O/c1-2-8-14-11-6-7-12-17(14)16-15(18)13-9-4-3-5-10-13/h3-6,9-11,14H,2,7-8,12H2,1H3,(H,16,18). The van der Waals surface area contributed by atoms with Gasteiger partial charge in [0, 0.05) is 18.2 Å². The maximum absolute atomic E-state index is 12.1. The van der Waals surface area contributed by atoms with E-state index in [0.29, 0.717) is 11.6 Å². The Morgan fingerprint density at radius 2 is 2.17 bits per heavy atom. The van der Waals surface area contributed by atoms with Gasteiger partial charge in [0.1, 0.15) is 0 Å². The van der Waals surface area contributed by atoms with Crippen LogP contribution in [0.25, 0.3) is 0 Å². The molecule has 1 heterocycles. The normalized spacial score (nSPS) is 19.7. The Hall–Kier alpha value is -1.61. The second-order valence-electron chi connectivity index (χ2n) is 4.57. The first kappa shape index (κ1) is 12.8. The third kappa shape index (κ3) is 3.20. The number of amides is 1. The minimum Gasteiger partial charge on any atom is -0.284 e. The highest BCUT2D eigenvalue weighted by atomic mass is 16.2. The smallest absolute Gasteiger partial charge is 0.265 e. The second-order valence-corrected chi connectivity index (χ2v) is 4.57. The Morgan fingerprint density at radius 3 is 2.89 bits per heavy atom. The van der Waals surface area contributed by atoms with E-state index in [9.17, 15) is 4.79 Å². The molecule has 3 heteroatoms. The van der Waals surface area contributed by atoms with Crippen molar-refractivity contribution in [2.75, 3.05) is 6.54 Å². The van der Waals surface area contributed by atoms with Gasteiger partial charge in [0.2, 0.25) is 0 Å². The summed E-state index contributed by atoms with van der Waals surface area (Å²) in [6.07, 6.45) is 7.58. The van der Waals surface area contributed by atoms with Crippen molar-refractivity contribution < 1.29 is 4.79 Å². The molecule has 0 aromatic heterocycles. The fraction of sp³-hybridized carbons (Fsp3) is 0.400. The fourth-order valence-electron chi connectivity index (χ4n) is 2.21. The Balaban J connectivity index is 2.00. The molecule has 1 aliphatic heterocycles. The summed E-state index contributed by atoms with van der Waals surface area (Å²) in [6, 6.07) is 9.69. The maximum Gasteiger partial charge on any atom is 0.265 e. The first-order valence-corrected chi connectivity index (χ1v) is 6.60. The summed E-state index contributed by atoms with van der Waals surface area (Å²) < 4.78 is 0. The molecule has 0 aliphatic carbocycles. The van der Waals surface area contributed by atoms with Gasteiger partial charge in [0.15, 0.2) is 0 Å². The van der Waals surface area contributed by atoms with Gasteiger partial charge in [0.05, 0.1) is 0 Å². The number of hydrogen-bond donors (Lipinski definition) is 1. The van der Waals surface area contributed by atoms with Crippen LogP contribution in [0.4, 0.5) is 0 Å². The Labute approximate surface area is 108 Å². The van der Waals surface area contributed by atoms with E-state index < -0.39 is 0 Å². The Kier molecular flexibility index (Phi) is 4.53. The van der Waals surface area contributed by atoms with Crippen molar-refractivity contribution in [3.63, 3.8) is 0 Å². The molecule has 0 spiro atoms. The van der Waals surface area contributed by atoms with E-state index in [1.807, 2.05) is 30.3 Å². The highest BCUT2D eigenvalue weighted by molar-refractivity contribution is 5.93. The quantitative estimate of drug-likeness (QED) is 0.826. The number of hydrazine groups is 1. The lowest BCUT2D eigenvalue weighted by Gasteiger charge is -2.32. The topological polar surface area (TPSA) is 32.3 Å². The van der Waals surface area contributed by atoms with E-state index in [0.717, 1.165) is 25.8 Å². The van der Waals surface area contributed by atoms with Crippen LogP contribution >= 0.6 is 0 Å². The molecule has 96 valence electrons. The molecule has 1 aromatic rings. The molecule has 0 fully saturated rings. The van der Waals surface area contributed by atoms with Crippen LogP contribution in [-0.2, 0) is 0 Å². The number of nitrogens with one attached hydrogen (secondary N) is 1. The fourth-order valence-corrected chi connectivity index (χ4v) is 2.21. The van der Waals surface area contributed by atoms with E-state index in [2.05, 4.69) is 29.5 Å². The summed E-state index contributed by atoms with van der Waals surface area (Å²) in [7, 11) is 0. The first-order chi connectivity index (χ1) is 8.81. The van der Waals surface area contributed by atoms with Gasteiger partial charge < -0.3 is 0 Å². The third-order valence-corrected chi connectivity index (χ3v) is 3.16. The molecule has 1 amide bonds. The molecule has 0 saturated heterocycles. The SMILES string of the molecule is CCCC1C=CCCN1NC(=O)c1ccccc1. The average Bonchev–Trinajstić information content (AvgIpc) is 2.42. The molecule has 0 saturated carbocycles. The molecule has 0 radical (unpaired) electrons. The Morgan fingerprint density at radius 1 is 1.39 bits per heavy atom. The van der Waals surface area contributed by atoms with Crippen LogP contribution in [0.1, 0.15) is 36.5 Å². The first-order valence-electron chi connectivity index (χ1n) is 6.60. The van der Waals surface area contributed by atoms with Crippen LogP contribution in [0.2, 0.25) is 0 Å². The van der Waals surface area contributed by atoms with Gasteiger partial charge in [-0.1, -0.05) is 43.7 Å². The van der Waals surface area contributed by atoms with Gasteiger partial charge in [0.25, 0.3) is 5.91 Å². The summed E-state index contributed by atoms with van der Waals surface area (Å²) in [4.78, 5) is 12.1. The zero-order chi connectivity index (χ0) is 12.8. The van der Waals surface area contributed by atoms with E-state index in [1.54, 1.807) is 0 Å². The van der Waals surface area contributed by atoms with Crippen molar-refractivity contribution >= 4 is 5.91 Å². The highest BCUT2D eigenvalue weighted by Gasteiger charge is 2.19. The average molecular weight is 244 g/mol. The third-order valence-electron chi connectivity index (χ3n) is 3.16. The largest absolute Gasteiger partial charge is 0.284 e. The van der Waals surface area contributed by atoms with Crippen molar-refractivity contribution in [1.82, 2.24) is 10.4 Å². The van der Waals surface area contributed by atoms with Crippen LogP contribution in [0, 0.1) is 0 Å². The van der Waals surface area contributed by atoms with Crippen molar-refractivity contribution in [2.24, 2.45) is 0 Å². The molecule has 18 heavy (non-hydrogen) atoms. The molecule has 3 nitrogen and oxygen atoms in total. The summed E-state index contributed by atoms with van der Waals surface area (Å²) in [5.41, 5.74) is 3.72. The van der Waals surface area contributed by atoms with Gasteiger partial charge in [-0.3, -0.25) is 10.2 Å². The maximum atomic E-state index is 12.1. The number of hydrogen-bond acceptors (Lipinski definition) is 2. The monoisotopic (exact) mass is 244 g/mol. The molecule has 1 unspecified atom stereocenters. The number of nitrogens with zero attached hydrogens (tertiary/aromatic N) is 1. The lowest BCUT2D eigenvalue weighted by Crippen LogP contribution is -2.49. The second kappa shape index (κ2) is 6.36. The summed E-state index contributed by atoms with van der Waals surface area (Å²) in [5.74, 6) is -0.0213. The van der Waals surface area contributed by atoms with Gasteiger partial charge in [-0.2, -0.15) is 0 Å². The summed E-state index contributed by atoms with van der Waals surface area (Å²) in [5, 5.41) is 2.05. The van der Waals surface area contributed by atoms with Crippen molar-refractivity contribution in [3.8, 4) is 0 Å². The molecule has 1 aromatic carbocycles. The minimum absolute atomic E-state index is 0.0213. The highest BCUT2D eigenvalue weighted by Crippen LogP contribution is 2.13. The summed E-state index contributed by atoms with van der Waals surface area (Å²) >= 11 is 0. The van der Waals surface area contributed by atoms with Crippen LogP contribution in [0.15, 0.2) is 42.5 Å². The molecule has 1 N–H and O–H groups in total. The predicted molar refractivity (Wildman–Crippen MR) is 73.1 cm³/mol. The van der Waals surface area contributed by atoms with Crippen LogP contribution in [0.5, 0.6) is 0 Å². The van der Waals surface area contributed by atoms with Crippen LogP contribution in [-0.4, -0.2) is 23.5 Å². The van der Waals surface area contributed by atoms with E-state index >= 15 is 0 Å². The van der Waals surface area contributed by atoms with E-state index in [-0.39, 0.29) is 5.91 Å². The van der Waals surface area contributed by atoms with E-state index in [1.165, 1.54) is 0 Å². The molecular weight excluding hydrogens is 224 g/mol. The lowest BCUT2D eigenvalue weighted by molar-refractivity contribution is 0.0715. The lowest BCUT2D eigenvalue weighted by atomic mass is 10.1. The van der Waals surface area contributed by atoms with Crippen molar-refractivity contribution in [3.05, 3.63) is 48.0 Å². The van der Waals surface area contributed by atoms with Gasteiger partial charge in [-0.05, 0) is 25.0 Å². The van der Waals surface area contributed by atoms with Crippen LogP contribution in [0.3, 0.4) is 0 Å². The van der Waals surface area contributed by atoms with Crippen molar-refractivity contribution in [1.29, 1.82) is 0 Å². The number of carbonyl (C=O) groups excluding carboxylic acids is 1. The number of carbonyl (C=O) groups is 1. The zero-order valence-corrected chi connectivity index (χ0v) is 10.8. The number of benzene rings is 1. The van der Waals surface area contributed by atoms with Crippen molar-refractivity contribution in [2.45, 2.75) is 32.2 Å². The molecule has 1 aliphatic rings. The van der Waals surface area contributed by atoms with Gasteiger partial charge >= 0.3 is 0 Å². The summed E-state index contributed by atoms with van der Waals surface area (Å²) in [6.45, 7) is 3.05. The zero-order valence-electron chi connectivity index (χ0n) is 10.8. The molecule has 0 bridgehead atoms.